The van der Waals surface area contributed by atoms with Crippen LogP contribution in [0.3, 0.4) is 0 Å². The Hall–Kier alpha value is -0.570. The van der Waals surface area contributed by atoms with Gasteiger partial charge in [-0.2, -0.15) is 18.3 Å². The van der Waals surface area contributed by atoms with E-state index in [1.807, 2.05) is 22.6 Å². The molecule has 8 heteroatoms. The van der Waals surface area contributed by atoms with Crippen molar-refractivity contribution >= 4 is 39.8 Å². The smallest absolute Gasteiger partial charge is 0.223 e. The first kappa shape index (κ1) is 12.9. The number of hydrogen-bond donors (Lipinski definition) is 0. The van der Waals surface area contributed by atoms with Crippen LogP contribution in [-0.2, 0) is 6.18 Å². The predicted octanol–water partition coefficient (Wildman–Crippen LogP) is 3.62. The highest BCUT2D eigenvalue weighted by Gasteiger charge is 2.36. The molecule has 0 bridgehead atoms. The number of alkyl halides is 3. The van der Waals surface area contributed by atoms with Crippen LogP contribution in [0.1, 0.15) is 17.0 Å². The van der Waals surface area contributed by atoms with Crippen LogP contribution in [0.4, 0.5) is 13.2 Å². The quantitative estimate of drug-likeness (QED) is 0.520. The van der Waals surface area contributed by atoms with Crippen LogP contribution < -0.4 is 0 Å². The second-order valence-corrected chi connectivity index (χ2v) is 4.95. The highest BCUT2D eigenvalue weighted by Crippen LogP contribution is 2.34. The average Bonchev–Trinajstić information content (AvgIpc) is 2.48. The molecule has 0 atom stereocenters. The van der Waals surface area contributed by atoms with Gasteiger partial charge in [0.2, 0.25) is 0 Å². The molecule has 2 heterocycles. The first-order valence-corrected chi connectivity index (χ1v) is 5.97. The zero-order chi connectivity index (χ0) is 13.0. The molecule has 0 unspecified atom stereocenters. The van der Waals surface area contributed by atoms with Gasteiger partial charge in [0.05, 0.1) is 9.26 Å². The fourth-order valence-corrected chi connectivity index (χ4v) is 2.12. The summed E-state index contributed by atoms with van der Waals surface area (Å²) in [5.74, 6) is 0. The third-order valence-corrected chi connectivity index (χ3v) is 4.01. The van der Waals surface area contributed by atoms with Crippen LogP contribution in [0.15, 0.2) is 0 Å². The van der Waals surface area contributed by atoms with Crippen LogP contribution in [0.25, 0.3) is 5.65 Å². The van der Waals surface area contributed by atoms with Gasteiger partial charge in [-0.1, -0.05) is 11.6 Å². The maximum absolute atomic E-state index is 12.7. The Labute approximate surface area is 113 Å². The van der Waals surface area contributed by atoms with E-state index in [9.17, 15) is 13.2 Å². The first-order valence-electron chi connectivity index (χ1n) is 4.51. The summed E-state index contributed by atoms with van der Waals surface area (Å²) in [4.78, 5) is 3.61. The molecule has 0 spiro atoms. The Bertz CT molecular complexity index is 606. The maximum atomic E-state index is 12.7. The summed E-state index contributed by atoms with van der Waals surface area (Å²) in [6, 6.07) is 0. The van der Waals surface area contributed by atoms with Crippen LogP contribution in [0.2, 0.25) is 5.15 Å². The van der Waals surface area contributed by atoms with E-state index >= 15 is 0 Å². The van der Waals surface area contributed by atoms with Gasteiger partial charge in [0.25, 0.3) is 0 Å². The molecule has 0 saturated carbocycles. The summed E-state index contributed by atoms with van der Waals surface area (Å²) in [6.45, 7) is 2.97. The van der Waals surface area contributed by atoms with Gasteiger partial charge in [0, 0.05) is 5.56 Å². The number of rotatable bonds is 0. The molecular weight excluding hydrogens is 369 g/mol. The van der Waals surface area contributed by atoms with E-state index in [0.29, 0.717) is 9.26 Å². The number of nitrogens with zero attached hydrogens (tertiary/aromatic N) is 3. The van der Waals surface area contributed by atoms with Crippen LogP contribution in [0, 0.1) is 17.4 Å². The summed E-state index contributed by atoms with van der Waals surface area (Å²) in [5, 5.41) is 3.98. The van der Waals surface area contributed by atoms with Crippen molar-refractivity contribution in [1.82, 2.24) is 14.6 Å². The maximum Gasteiger partial charge on any atom is 0.433 e. The van der Waals surface area contributed by atoms with Crippen molar-refractivity contribution in [3.63, 3.8) is 0 Å². The van der Waals surface area contributed by atoms with Crippen molar-refractivity contribution in [3.05, 3.63) is 25.7 Å². The van der Waals surface area contributed by atoms with E-state index in [0.717, 1.165) is 0 Å². The molecule has 2 aromatic heterocycles. The molecule has 0 radical (unpaired) electrons. The van der Waals surface area contributed by atoms with Gasteiger partial charge < -0.3 is 0 Å². The van der Waals surface area contributed by atoms with Crippen LogP contribution >= 0.6 is 34.2 Å². The molecule has 17 heavy (non-hydrogen) atoms. The summed E-state index contributed by atoms with van der Waals surface area (Å²) >= 11 is 7.78. The Balaban J connectivity index is 2.90. The minimum Gasteiger partial charge on any atom is -0.223 e. The number of fused-ring (bicyclic) bond motifs is 1. The minimum atomic E-state index is -4.52. The fraction of sp³-hybridized carbons (Fsp3) is 0.333. The SMILES string of the molecule is Cc1nn2c(Cl)c(C)c(C(F)(F)F)nc2c1I. The molecule has 0 amide bonds. The molecule has 2 aromatic rings. The van der Waals surface area contributed by atoms with Crippen molar-refractivity contribution in [1.29, 1.82) is 0 Å². The molecule has 0 fully saturated rings. The van der Waals surface area contributed by atoms with E-state index in [2.05, 4.69) is 10.1 Å². The average molecular weight is 376 g/mol. The fourth-order valence-electron chi connectivity index (χ4n) is 1.45. The van der Waals surface area contributed by atoms with Crippen molar-refractivity contribution in [3.8, 4) is 0 Å². The second-order valence-electron chi connectivity index (χ2n) is 3.51. The van der Waals surface area contributed by atoms with Crippen molar-refractivity contribution in [2.24, 2.45) is 0 Å². The molecule has 0 aliphatic carbocycles. The van der Waals surface area contributed by atoms with Crippen LogP contribution in [0.5, 0.6) is 0 Å². The summed E-state index contributed by atoms with van der Waals surface area (Å²) < 4.78 is 40.0. The summed E-state index contributed by atoms with van der Waals surface area (Å²) in [6.07, 6.45) is -4.52. The van der Waals surface area contributed by atoms with Crippen LogP contribution in [-0.4, -0.2) is 14.6 Å². The number of hydrogen-bond acceptors (Lipinski definition) is 2. The second kappa shape index (κ2) is 3.98. The largest absolute Gasteiger partial charge is 0.433 e. The number of halogens is 5. The van der Waals surface area contributed by atoms with Gasteiger partial charge in [0.1, 0.15) is 5.15 Å². The number of aryl methyl sites for hydroxylation is 1. The highest BCUT2D eigenvalue weighted by molar-refractivity contribution is 14.1. The van der Waals surface area contributed by atoms with E-state index in [4.69, 9.17) is 11.6 Å². The topological polar surface area (TPSA) is 30.2 Å². The van der Waals surface area contributed by atoms with E-state index in [-0.39, 0.29) is 16.4 Å². The highest BCUT2D eigenvalue weighted by atomic mass is 127. The molecule has 0 aliphatic heterocycles. The van der Waals surface area contributed by atoms with Gasteiger partial charge in [-0.15, -0.1) is 0 Å². The molecule has 2 rings (SSSR count). The third-order valence-electron chi connectivity index (χ3n) is 2.30. The van der Waals surface area contributed by atoms with E-state index in [1.165, 1.54) is 11.4 Å². The lowest BCUT2D eigenvalue weighted by molar-refractivity contribution is -0.141. The molecule has 0 aliphatic rings. The Morgan fingerprint density at radius 2 is 1.88 bits per heavy atom. The monoisotopic (exact) mass is 375 g/mol. The predicted molar refractivity (Wildman–Crippen MR) is 65.2 cm³/mol. The Morgan fingerprint density at radius 3 is 2.41 bits per heavy atom. The molecule has 92 valence electrons. The normalized spacial score (nSPS) is 12.4. The molecule has 0 saturated heterocycles. The van der Waals surface area contributed by atoms with Gasteiger partial charge in [-0.25, -0.2) is 9.50 Å². The van der Waals surface area contributed by atoms with E-state index in [1.54, 1.807) is 6.92 Å². The lowest BCUT2D eigenvalue weighted by atomic mass is 10.2. The third kappa shape index (κ3) is 1.99. The molecule has 3 nitrogen and oxygen atoms in total. The zero-order valence-electron chi connectivity index (χ0n) is 8.73. The molecule has 0 N–H and O–H groups in total. The van der Waals surface area contributed by atoms with Gasteiger partial charge in [0.15, 0.2) is 11.3 Å². The van der Waals surface area contributed by atoms with Crippen molar-refractivity contribution < 1.29 is 13.2 Å². The number of aromatic nitrogens is 3. The zero-order valence-corrected chi connectivity index (χ0v) is 11.6. The lowest BCUT2D eigenvalue weighted by Crippen LogP contribution is -2.13. The van der Waals surface area contributed by atoms with Gasteiger partial charge in [-0.3, -0.25) is 0 Å². The lowest BCUT2D eigenvalue weighted by Gasteiger charge is -2.11. The summed E-state index contributed by atoms with van der Waals surface area (Å²) in [7, 11) is 0. The van der Waals surface area contributed by atoms with Gasteiger partial charge in [-0.05, 0) is 36.4 Å². The first-order chi connectivity index (χ1) is 7.73. The Kier molecular flexibility index (Phi) is 3.01. The van der Waals surface area contributed by atoms with Crippen molar-refractivity contribution in [2.45, 2.75) is 20.0 Å². The standard InChI is InChI=1S/C9H6ClF3IN3/c1-3-6(9(11,12)13)15-8-5(14)4(2)16-17(8)7(3)10/h1-2H3. The van der Waals surface area contributed by atoms with Gasteiger partial charge >= 0.3 is 6.18 Å². The summed E-state index contributed by atoms with van der Waals surface area (Å²) in [5.41, 5.74) is -0.358. The van der Waals surface area contributed by atoms with Crippen molar-refractivity contribution in [2.75, 3.05) is 0 Å². The molecule has 0 aromatic carbocycles. The molecular formula is C9H6ClF3IN3. The minimum absolute atomic E-state index is 0.0617. The Morgan fingerprint density at radius 1 is 1.29 bits per heavy atom. The van der Waals surface area contributed by atoms with E-state index < -0.39 is 11.9 Å².